The van der Waals surface area contributed by atoms with Crippen LogP contribution in [0.25, 0.3) is 0 Å². The smallest absolute Gasteiger partial charge is 0.330 e. The second-order valence-electron chi connectivity index (χ2n) is 5.99. The number of methoxy groups -OCH3 is 1. The molecular formula is C17H26N2O2. The number of hydrogen-bond donors (Lipinski definition) is 1. The van der Waals surface area contributed by atoms with Gasteiger partial charge in [-0.1, -0.05) is 30.7 Å². The lowest BCUT2D eigenvalue weighted by molar-refractivity contribution is -0.149. The second-order valence-corrected chi connectivity index (χ2v) is 5.99. The molecule has 0 bridgehead atoms. The number of hydrogen-bond acceptors (Lipinski definition) is 4. The van der Waals surface area contributed by atoms with Crippen molar-refractivity contribution < 1.29 is 9.53 Å². The molecule has 1 atom stereocenters. The first-order valence-electron chi connectivity index (χ1n) is 7.67. The first-order valence-corrected chi connectivity index (χ1v) is 7.67. The lowest BCUT2D eigenvalue weighted by Crippen LogP contribution is -2.51. The van der Waals surface area contributed by atoms with Crippen molar-refractivity contribution in [2.75, 3.05) is 34.3 Å². The minimum atomic E-state index is -0.697. The number of esters is 1. The SMILES string of the molecule is COC(=O)C1(NCCN(C)C)CCCCc2ccccc21. The zero-order valence-electron chi connectivity index (χ0n) is 13.3. The molecule has 1 N–H and O–H groups in total. The van der Waals surface area contributed by atoms with Gasteiger partial charge in [0.2, 0.25) is 0 Å². The monoisotopic (exact) mass is 290 g/mol. The number of likely N-dealkylation sites (N-methyl/N-ethyl adjacent to an activating group) is 1. The van der Waals surface area contributed by atoms with E-state index < -0.39 is 5.54 Å². The van der Waals surface area contributed by atoms with Gasteiger partial charge < -0.3 is 9.64 Å². The normalized spacial score (nSPS) is 21.7. The molecule has 0 heterocycles. The van der Waals surface area contributed by atoms with Crippen molar-refractivity contribution >= 4 is 5.97 Å². The largest absolute Gasteiger partial charge is 0.467 e. The Labute approximate surface area is 127 Å². The molecule has 0 aliphatic heterocycles. The Morgan fingerprint density at radius 2 is 2.10 bits per heavy atom. The highest BCUT2D eigenvalue weighted by Gasteiger charge is 2.42. The summed E-state index contributed by atoms with van der Waals surface area (Å²) in [5.41, 5.74) is 1.66. The van der Waals surface area contributed by atoms with Gasteiger partial charge in [0.1, 0.15) is 5.54 Å². The fourth-order valence-corrected chi connectivity index (χ4v) is 3.13. The minimum Gasteiger partial charge on any atom is -0.467 e. The van der Waals surface area contributed by atoms with Crippen LogP contribution in [0.3, 0.4) is 0 Å². The highest BCUT2D eigenvalue weighted by molar-refractivity contribution is 5.83. The van der Waals surface area contributed by atoms with Crippen molar-refractivity contribution in [2.24, 2.45) is 0 Å². The molecule has 2 rings (SSSR count). The van der Waals surface area contributed by atoms with E-state index in [-0.39, 0.29) is 5.97 Å². The van der Waals surface area contributed by atoms with Crippen LogP contribution >= 0.6 is 0 Å². The summed E-state index contributed by atoms with van der Waals surface area (Å²) in [5.74, 6) is -0.171. The number of nitrogens with one attached hydrogen (secondary N) is 1. The van der Waals surface area contributed by atoms with E-state index in [2.05, 4.69) is 22.3 Å². The van der Waals surface area contributed by atoms with Crippen LogP contribution in [0.15, 0.2) is 24.3 Å². The molecule has 0 aromatic heterocycles. The molecule has 1 aromatic rings. The maximum atomic E-state index is 12.6. The highest BCUT2D eigenvalue weighted by atomic mass is 16.5. The molecule has 0 amide bonds. The number of ether oxygens (including phenoxy) is 1. The van der Waals surface area contributed by atoms with Crippen molar-refractivity contribution in [3.05, 3.63) is 35.4 Å². The number of fused-ring (bicyclic) bond motifs is 1. The van der Waals surface area contributed by atoms with Gasteiger partial charge in [0, 0.05) is 13.1 Å². The van der Waals surface area contributed by atoms with Crippen LogP contribution in [0.4, 0.5) is 0 Å². The van der Waals surface area contributed by atoms with Crippen molar-refractivity contribution in [3.8, 4) is 0 Å². The first kappa shape index (κ1) is 16.0. The Morgan fingerprint density at radius 3 is 2.81 bits per heavy atom. The third kappa shape index (κ3) is 3.44. The molecule has 4 heteroatoms. The fourth-order valence-electron chi connectivity index (χ4n) is 3.13. The summed E-state index contributed by atoms with van der Waals surface area (Å²) in [5, 5.41) is 3.50. The average Bonchev–Trinajstić information content (AvgIpc) is 2.67. The molecule has 116 valence electrons. The molecule has 0 saturated carbocycles. The number of aryl methyl sites for hydroxylation is 1. The van der Waals surface area contributed by atoms with Crippen LogP contribution < -0.4 is 5.32 Å². The zero-order chi connectivity index (χ0) is 15.3. The van der Waals surface area contributed by atoms with Crippen molar-refractivity contribution in [1.29, 1.82) is 0 Å². The van der Waals surface area contributed by atoms with Crippen LogP contribution in [0, 0.1) is 0 Å². The van der Waals surface area contributed by atoms with Gasteiger partial charge in [-0.2, -0.15) is 0 Å². The standard InChI is InChI=1S/C17H26N2O2/c1-19(2)13-12-18-17(16(20)21-3)11-7-6-9-14-8-4-5-10-15(14)17/h4-5,8,10,18H,6-7,9,11-13H2,1-3H3. The lowest BCUT2D eigenvalue weighted by Gasteiger charge is -2.33. The Hall–Kier alpha value is -1.39. The van der Waals surface area contributed by atoms with Crippen LogP contribution in [-0.2, 0) is 21.5 Å². The van der Waals surface area contributed by atoms with Crippen LogP contribution in [0.2, 0.25) is 0 Å². The Bertz CT molecular complexity index is 487. The Kier molecular flexibility index (Phi) is 5.37. The van der Waals surface area contributed by atoms with Crippen LogP contribution in [0.1, 0.15) is 30.4 Å². The molecule has 1 aliphatic carbocycles. The highest BCUT2D eigenvalue weighted by Crippen LogP contribution is 2.35. The van der Waals surface area contributed by atoms with Crippen molar-refractivity contribution in [2.45, 2.75) is 31.2 Å². The molecule has 1 aliphatic rings. The van der Waals surface area contributed by atoms with E-state index in [9.17, 15) is 4.79 Å². The molecular weight excluding hydrogens is 264 g/mol. The number of benzene rings is 1. The molecule has 0 spiro atoms. The van der Waals surface area contributed by atoms with Gasteiger partial charge in [-0.15, -0.1) is 0 Å². The van der Waals surface area contributed by atoms with E-state index >= 15 is 0 Å². The summed E-state index contributed by atoms with van der Waals surface area (Å²) < 4.78 is 5.15. The summed E-state index contributed by atoms with van der Waals surface area (Å²) in [7, 11) is 5.55. The van der Waals surface area contributed by atoms with E-state index in [0.29, 0.717) is 0 Å². The summed E-state index contributed by atoms with van der Waals surface area (Å²) in [6.07, 6.45) is 3.97. The van der Waals surface area contributed by atoms with Crippen molar-refractivity contribution in [1.82, 2.24) is 10.2 Å². The van der Waals surface area contributed by atoms with Gasteiger partial charge in [0.25, 0.3) is 0 Å². The predicted octanol–water partition coefficient (Wildman–Crippen LogP) is 1.93. The maximum absolute atomic E-state index is 12.6. The molecule has 1 unspecified atom stereocenters. The summed E-state index contributed by atoms with van der Waals surface area (Å²) in [6.45, 7) is 1.65. The number of nitrogens with zero attached hydrogens (tertiary/aromatic N) is 1. The molecule has 4 nitrogen and oxygen atoms in total. The van der Waals surface area contributed by atoms with Gasteiger partial charge >= 0.3 is 5.97 Å². The van der Waals surface area contributed by atoms with Gasteiger partial charge in [0.05, 0.1) is 7.11 Å². The molecule has 0 radical (unpaired) electrons. The third-order valence-corrected chi connectivity index (χ3v) is 4.24. The van der Waals surface area contributed by atoms with Crippen molar-refractivity contribution in [3.63, 3.8) is 0 Å². The lowest BCUT2D eigenvalue weighted by atomic mass is 9.84. The quantitative estimate of drug-likeness (QED) is 0.664. The zero-order valence-corrected chi connectivity index (χ0v) is 13.3. The summed E-state index contributed by atoms with van der Waals surface area (Å²) in [4.78, 5) is 14.7. The fraction of sp³-hybridized carbons (Fsp3) is 0.588. The van der Waals surface area contributed by atoms with E-state index in [1.807, 2.05) is 26.2 Å². The molecule has 1 aromatic carbocycles. The predicted molar refractivity (Wildman–Crippen MR) is 84.2 cm³/mol. The van der Waals surface area contributed by atoms with Gasteiger partial charge in [-0.25, -0.2) is 4.79 Å². The minimum absolute atomic E-state index is 0.171. The second kappa shape index (κ2) is 7.05. The third-order valence-electron chi connectivity index (χ3n) is 4.24. The Balaban J connectivity index is 2.36. The van der Waals surface area contributed by atoms with Crippen LogP contribution in [0.5, 0.6) is 0 Å². The number of carbonyl (C=O) groups is 1. The number of rotatable bonds is 5. The van der Waals surface area contributed by atoms with E-state index in [1.54, 1.807) is 0 Å². The first-order chi connectivity index (χ1) is 10.1. The van der Waals surface area contributed by atoms with Crippen LogP contribution in [-0.4, -0.2) is 45.2 Å². The Morgan fingerprint density at radius 1 is 1.33 bits per heavy atom. The topological polar surface area (TPSA) is 41.6 Å². The van der Waals surface area contributed by atoms with Gasteiger partial charge in [-0.05, 0) is 44.5 Å². The van der Waals surface area contributed by atoms with Gasteiger partial charge in [-0.3, -0.25) is 5.32 Å². The average molecular weight is 290 g/mol. The van der Waals surface area contributed by atoms with E-state index in [1.165, 1.54) is 12.7 Å². The molecule has 0 saturated heterocycles. The molecule has 0 fully saturated rings. The molecule has 21 heavy (non-hydrogen) atoms. The van der Waals surface area contributed by atoms with E-state index in [4.69, 9.17) is 4.74 Å². The summed E-state index contributed by atoms with van der Waals surface area (Å²) in [6, 6.07) is 8.26. The van der Waals surface area contributed by atoms with E-state index in [0.717, 1.165) is 44.3 Å². The van der Waals surface area contributed by atoms with Gasteiger partial charge in [0.15, 0.2) is 0 Å². The summed E-state index contributed by atoms with van der Waals surface area (Å²) >= 11 is 0. The maximum Gasteiger partial charge on any atom is 0.330 e. The number of carbonyl (C=O) groups excluding carboxylic acids is 1.